The fraction of sp³-hybridized carbons (Fsp3) is 0.583. The molecule has 0 aliphatic rings. The highest BCUT2D eigenvalue weighted by Crippen LogP contribution is 2.15. The van der Waals surface area contributed by atoms with Crippen LogP contribution in [0.4, 0.5) is 0 Å². The molecule has 0 aromatic heterocycles. The zero-order chi connectivity index (χ0) is 10.9. The molecule has 13 heavy (non-hydrogen) atoms. The lowest BCUT2D eigenvalue weighted by Crippen LogP contribution is -1.92. The Kier molecular flexibility index (Phi) is 10.1. The molecule has 0 aliphatic carbocycles. The SMILES string of the molecule is C=C(C#N)CCC(=C)C(C)C.CC. The predicted molar refractivity (Wildman–Crippen MR) is 59.3 cm³/mol. The standard InChI is InChI=1S/C10H15N.C2H6/c1-8(2)10(4)6-5-9(3)7-11;1-2/h8H,3-6H2,1-2H3;1-2H3. The quantitative estimate of drug-likeness (QED) is 0.471. The summed E-state index contributed by atoms with van der Waals surface area (Å²) in [7, 11) is 0. The van der Waals surface area contributed by atoms with Crippen molar-refractivity contribution < 1.29 is 0 Å². The van der Waals surface area contributed by atoms with Crippen molar-refractivity contribution in [1.29, 1.82) is 5.26 Å². The highest BCUT2D eigenvalue weighted by Gasteiger charge is 2.00. The Morgan fingerprint density at radius 3 is 2.00 bits per heavy atom. The lowest BCUT2D eigenvalue weighted by atomic mass is 9.98. The number of hydrogen-bond donors (Lipinski definition) is 0. The first-order valence-corrected chi connectivity index (χ1v) is 4.83. The highest BCUT2D eigenvalue weighted by atomic mass is 14.2. The van der Waals surface area contributed by atoms with Crippen molar-refractivity contribution in [3.05, 3.63) is 24.3 Å². The lowest BCUT2D eigenvalue weighted by molar-refractivity contribution is 0.715. The molecule has 0 N–H and O–H groups in total. The topological polar surface area (TPSA) is 23.8 Å². The second kappa shape index (κ2) is 9.06. The molecule has 0 spiro atoms. The van der Waals surface area contributed by atoms with Gasteiger partial charge in [0.25, 0.3) is 0 Å². The first kappa shape index (κ1) is 14.5. The van der Waals surface area contributed by atoms with E-state index in [1.165, 1.54) is 5.57 Å². The molecule has 0 radical (unpaired) electrons. The molecule has 0 amide bonds. The average molecular weight is 179 g/mol. The normalized spacial score (nSPS) is 8.31. The molecule has 0 atom stereocenters. The summed E-state index contributed by atoms with van der Waals surface area (Å²) in [6, 6.07) is 2.02. The maximum absolute atomic E-state index is 8.41. The van der Waals surface area contributed by atoms with Crippen LogP contribution < -0.4 is 0 Å². The molecule has 0 heterocycles. The Morgan fingerprint density at radius 1 is 1.23 bits per heavy atom. The number of hydrogen-bond acceptors (Lipinski definition) is 1. The fourth-order valence-corrected chi connectivity index (χ4v) is 0.656. The van der Waals surface area contributed by atoms with E-state index in [9.17, 15) is 0 Å². The van der Waals surface area contributed by atoms with Crippen molar-refractivity contribution >= 4 is 0 Å². The molecule has 1 nitrogen and oxygen atoms in total. The van der Waals surface area contributed by atoms with Gasteiger partial charge in [0.15, 0.2) is 0 Å². The summed E-state index contributed by atoms with van der Waals surface area (Å²) in [5.41, 5.74) is 1.84. The number of rotatable bonds is 4. The number of nitrogens with zero attached hydrogens (tertiary/aromatic N) is 1. The summed E-state index contributed by atoms with van der Waals surface area (Å²) in [6.45, 7) is 15.7. The minimum absolute atomic E-state index is 0.515. The molecule has 0 saturated carbocycles. The zero-order valence-electron chi connectivity index (χ0n) is 9.35. The highest BCUT2D eigenvalue weighted by molar-refractivity contribution is 5.17. The molecule has 0 aromatic rings. The van der Waals surface area contributed by atoms with Crippen LogP contribution in [0.3, 0.4) is 0 Å². The van der Waals surface area contributed by atoms with Crippen molar-refractivity contribution in [3.8, 4) is 6.07 Å². The van der Waals surface area contributed by atoms with Crippen molar-refractivity contribution in [2.24, 2.45) is 5.92 Å². The third-order valence-electron chi connectivity index (χ3n) is 1.72. The van der Waals surface area contributed by atoms with E-state index in [4.69, 9.17) is 5.26 Å². The Morgan fingerprint density at radius 2 is 1.69 bits per heavy atom. The van der Waals surface area contributed by atoms with Crippen molar-refractivity contribution in [3.63, 3.8) is 0 Å². The van der Waals surface area contributed by atoms with Crippen LogP contribution in [0.25, 0.3) is 0 Å². The van der Waals surface area contributed by atoms with E-state index >= 15 is 0 Å². The number of nitriles is 1. The van der Waals surface area contributed by atoms with Crippen molar-refractivity contribution in [2.75, 3.05) is 0 Å². The van der Waals surface area contributed by atoms with Gasteiger partial charge in [-0.15, -0.1) is 0 Å². The zero-order valence-corrected chi connectivity index (χ0v) is 9.35. The third-order valence-corrected chi connectivity index (χ3v) is 1.72. The Labute approximate surface area is 82.8 Å². The van der Waals surface area contributed by atoms with E-state index in [2.05, 4.69) is 27.0 Å². The molecule has 0 saturated heterocycles. The second-order valence-corrected chi connectivity index (χ2v) is 3.03. The predicted octanol–water partition coefficient (Wildman–Crippen LogP) is 4.08. The summed E-state index contributed by atoms with van der Waals surface area (Å²) >= 11 is 0. The van der Waals surface area contributed by atoms with Gasteiger partial charge >= 0.3 is 0 Å². The molecule has 0 rings (SSSR count). The molecular formula is C12H21N. The average Bonchev–Trinajstić information content (AvgIpc) is 2.16. The summed E-state index contributed by atoms with van der Waals surface area (Å²) in [5, 5.41) is 8.41. The van der Waals surface area contributed by atoms with Crippen molar-refractivity contribution in [2.45, 2.75) is 40.5 Å². The summed E-state index contributed by atoms with van der Waals surface area (Å²) in [5.74, 6) is 0.515. The smallest absolute Gasteiger partial charge is 0.0940 e. The van der Waals surface area contributed by atoms with E-state index in [0.29, 0.717) is 11.5 Å². The van der Waals surface area contributed by atoms with Gasteiger partial charge in [-0.2, -0.15) is 5.26 Å². The van der Waals surface area contributed by atoms with Crippen LogP contribution in [-0.2, 0) is 0 Å². The van der Waals surface area contributed by atoms with Crippen LogP contribution in [0, 0.1) is 17.2 Å². The van der Waals surface area contributed by atoms with Crippen LogP contribution in [0.1, 0.15) is 40.5 Å². The third kappa shape index (κ3) is 8.88. The molecule has 0 unspecified atom stereocenters. The Bertz CT molecular complexity index is 194. The van der Waals surface area contributed by atoms with Gasteiger partial charge in [-0.3, -0.25) is 0 Å². The van der Waals surface area contributed by atoms with E-state index in [0.717, 1.165) is 12.8 Å². The van der Waals surface area contributed by atoms with Crippen LogP contribution in [0.2, 0.25) is 0 Å². The first-order valence-electron chi connectivity index (χ1n) is 4.83. The van der Waals surface area contributed by atoms with Gasteiger partial charge in [0.05, 0.1) is 6.07 Å². The van der Waals surface area contributed by atoms with Crippen molar-refractivity contribution in [1.82, 2.24) is 0 Å². The van der Waals surface area contributed by atoms with Crippen LogP contribution >= 0.6 is 0 Å². The van der Waals surface area contributed by atoms with E-state index in [1.807, 2.05) is 19.9 Å². The molecule has 74 valence electrons. The van der Waals surface area contributed by atoms with Crippen LogP contribution in [0.5, 0.6) is 0 Å². The van der Waals surface area contributed by atoms with Gasteiger partial charge in [-0.25, -0.2) is 0 Å². The Balaban J connectivity index is 0. The molecule has 1 heteroatoms. The lowest BCUT2D eigenvalue weighted by Gasteiger charge is -2.07. The Hall–Kier alpha value is -1.03. The van der Waals surface area contributed by atoms with E-state index < -0.39 is 0 Å². The fourth-order valence-electron chi connectivity index (χ4n) is 0.656. The van der Waals surface area contributed by atoms with E-state index in [-0.39, 0.29) is 0 Å². The monoisotopic (exact) mass is 179 g/mol. The molecule has 0 bridgehead atoms. The maximum atomic E-state index is 8.41. The minimum atomic E-state index is 0.515. The van der Waals surface area contributed by atoms with E-state index in [1.54, 1.807) is 0 Å². The molecule has 0 aromatic carbocycles. The molecule has 0 fully saturated rings. The van der Waals surface area contributed by atoms with Gasteiger partial charge in [-0.05, 0) is 18.8 Å². The van der Waals surface area contributed by atoms with Crippen LogP contribution in [0.15, 0.2) is 24.3 Å². The van der Waals surface area contributed by atoms with Gasteiger partial charge in [0.2, 0.25) is 0 Å². The maximum Gasteiger partial charge on any atom is 0.0940 e. The summed E-state index contributed by atoms with van der Waals surface area (Å²) in [6.07, 6.45) is 1.65. The molecule has 0 aliphatic heterocycles. The second-order valence-electron chi connectivity index (χ2n) is 3.03. The first-order chi connectivity index (χ1) is 6.07. The van der Waals surface area contributed by atoms with Crippen LogP contribution in [-0.4, -0.2) is 0 Å². The van der Waals surface area contributed by atoms with Gasteiger partial charge in [0, 0.05) is 5.57 Å². The number of allylic oxidation sites excluding steroid dienone is 2. The van der Waals surface area contributed by atoms with Gasteiger partial charge < -0.3 is 0 Å². The molecular weight excluding hydrogens is 158 g/mol. The summed E-state index contributed by atoms with van der Waals surface area (Å²) in [4.78, 5) is 0. The summed E-state index contributed by atoms with van der Waals surface area (Å²) < 4.78 is 0. The van der Waals surface area contributed by atoms with Gasteiger partial charge in [0.1, 0.15) is 0 Å². The minimum Gasteiger partial charge on any atom is -0.193 e. The van der Waals surface area contributed by atoms with Gasteiger partial charge in [-0.1, -0.05) is 46.4 Å². The largest absolute Gasteiger partial charge is 0.193 e.